The van der Waals surface area contributed by atoms with E-state index in [1.54, 1.807) is 20.8 Å². The van der Waals surface area contributed by atoms with Crippen LogP contribution in [0.2, 0.25) is 5.02 Å². The van der Waals surface area contributed by atoms with Gasteiger partial charge in [-0.2, -0.15) is 13.2 Å². The average molecular weight is 461 g/mol. The van der Waals surface area contributed by atoms with Crippen LogP contribution in [0.3, 0.4) is 0 Å². The van der Waals surface area contributed by atoms with Gasteiger partial charge in [0.25, 0.3) is 0 Å². The Morgan fingerprint density at radius 1 is 1.23 bits per heavy atom. The molecule has 0 saturated carbocycles. The molecule has 0 fully saturated rings. The van der Waals surface area contributed by atoms with Gasteiger partial charge in [-0.3, -0.25) is 14.8 Å². The Morgan fingerprint density at radius 2 is 1.87 bits per heavy atom. The minimum Gasteiger partial charge on any atom is -0.489 e. The van der Waals surface area contributed by atoms with Crippen molar-refractivity contribution in [2.45, 2.75) is 57.9 Å². The lowest BCUT2D eigenvalue weighted by Gasteiger charge is -2.35. The van der Waals surface area contributed by atoms with Crippen LogP contribution in [0.1, 0.15) is 50.6 Å². The van der Waals surface area contributed by atoms with Crippen LogP contribution in [0.4, 0.5) is 13.2 Å². The van der Waals surface area contributed by atoms with E-state index in [-0.39, 0.29) is 22.9 Å². The number of rotatable bonds is 7. The van der Waals surface area contributed by atoms with Crippen molar-refractivity contribution in [1.82, 2.24) is 9.97 Å². The number of halogens is 4. The molecular formula is C21H24ClF3N2O4. The summed E-state index contributed by atoms with van der Waals surface area (Å²) in [6, 6.07) is 4.12. The molecule has 2 rings (SSSR count). The topological polar surface area (TPSA) is 81.5 Å². The summed E-state index contributed by atoms with van der Waals surface area (Å²) in [4.78, 5) is 18.7. The predicted octanol–water partition coefficient (Wildman–Crippen LogP) is 4.71. The Morgan fingerprint density at radius 3 is 2.35 bits per heavy atom. The molecule has 10 heteroatoms. The molecule has 0 aliphatic heterocycles. The van der Waals surface area contributed by atoms with Crippen molar-refractivity contribution in [3.8, 4) is 5.75 Å². The van der Waals surface area contributed by atoms with E-state index in [9.17, 15) is 23.1 Å². The number of hydrogen-bond acceptors (Lipinski definition) is 6. The van der Waals surface area contributed by atoms with Crippen LogP contribution in [0.25, 0.3) is 0 Å². The van der Waals surface area contributed by atoms with Gasteiger partial charge < -0.3 is 14.6 Å². The molecule has 0 bridgehead atoms. The predicted molar refractivity (Wildman–Crippen MR) is 108 cm³/mol. The molecule has 0 spiro atoms. The van der Waals surface area contributed by atoms with Gasteiger partial charge in [-0.05, 0) is 38.5 Å². The lowest BCUT2D eigenvalue weighted by molar-refractivity contribution is -0.276. The van der Waals surface area contributed by atoms with E-state index >= 15 is 0 Å². The first kappa shape index (κ1) is 24.9. The van der Waals surface area contributed by atoms with Crippen LogP contribution in [0.5, 0.6) is 5.75 Å². The molecule has 2 unspecified atom stereocenters. The van der Waals surface area contributed by atoms with Crippen molar-refractivity contribution in [3.05, 3.63) is 52.6 Å². The van der Waals surface area contributed by atoms with Crippen LogP contribution in [0, 0.1) is 6.92 Å². The number of carbonyl (C=O) groups is 1. The molecular weight excluding hydrogens is 437 g/mol. The summed E-state index contributed by atoms with van der Waals surface area (Å²) in [5, 5.41) is 10.7. The van der Waals surface area contributed by atoms with Gasteiger partial charge in [-0.25, -0.2) is 0 Å². The number of nitrogens with zero attached hydrogens (tertiary/aromatic N) is 2. The summed E-state index contributed by atoms with van der Waals surface area (Å²) in [6.45, 7) is 7.36. The van der Waals surface area contributed by atoms with E-state index in [0.29, 0.717) is 5.69 Å². The molecule has 1 aromatic carbocycles. The smallest absolute Gasteiger partial charge is 0.423 e. The summed E-state index contributed by atoms with van der Waals surface area (Å²) in [7, 11) is 0. The standard InChI is InChI=1S/C21H24ClF3N2O4/c1-12-9-27-18(10-26-12)20(29,21(23,24)25)13(2)16-7-6-15(8-17(16)22)30-11-19(4,5)31-14(3)28/h6-10,13,29H,11H2,1-5H3. The van der Waals surface area contributed by atoms with Crippen molar-refractivity contribution in [2.75, 3.05) is 6.61 Å². The van der Waals surface area contributed by atoms with E-state index in [4.69, 9.17) is 21.1 Å². The Balaban J connectivity index is 2.34. The van der Waals surface area contributed by atoms with E-state index in [0.717, 1.165) is 12.4 Å². The van der Waals surface area contributed by atoms with Crippen molar-refractivity contribution >= 4 is 17.6 Å². The zero-order chi connectivity index (χ0) is 23.6. The molecule has 0 saturated heterocycles. The average Bonchev–Trinajstić information content (AvgIpc) is 2.64. The summed E-state index contributed by atoms with van der Waals surface area (Å²) < 4.78 is 52.6. The van der Waals surface area contributed by atoms with Gasteiger partial charge in [-0.15, -0.1) is 0 Å². The van der Waals surface area contributed by atoms with E-state index < -0.39 is 35.0 Å². The number of aliphatic hydroxyl groups is 1. The maximum atomic E-state index is 14.0. The molecule has 0 amide bonds. The summed E-state index contributed by atoms with van der Waals surface area (Å²) in [6.07, 6.45) is -2.98. The molecule has 2 aromatic rings. The molecule has 1 heterocycles. The van der Waals surface area contributed by atoms with Gasteiger partial charge in [0.2, 0.25) is 5.60 Å². The molecule has 0 aliphatic carbocycles. The van der Waals surface area contributed by atoms with E-state index in [1.165, 1.54) is 32.0 Å². The Kier molecular flexibility index (Phi) is 7.22. The summed E-state index contributed by atoms with van der Waals surface area (Å²) >= 11 is 6.25. The quantitative estimate of drug-likeness (QED) is 0.602. The molecule has 1 N–H and O–H groups in total. The number of esters is 1. The lowest BCUT2D eigenvalue weighted by Crippen LogP contribution is -2.47. The molecule has 31 heavy (non-hydrogen) atoms. The Bertz CT molecular complexity index is 935. The first-order chi connectivity index (χ1) is 14.2. The largest absolute Gasteiger partial charge is 0.489 e. The number of alkyl halides is 3. The van der Waals surface area contributed by atoms with Gasteiger partial charge in [0, 0.05) is 24.1 Å². The maximum Gasteiger partial charge on any atom is 0.423 e. The van der Waals surface area contributed by atoms with Gasteiger partial charge in [0.15, 0.2) is 0 Å². The zero-order valence-corrected chi connectivity index (χ0v) is 18.5. The molecule has 6 nitrogen and oxygen atoms in total. The SMILES string of the molecule is CC(=O)OC(C)(C)COc1ccc(C(C)C(O)(c2cnc(C)cn2)C(F)(F)F)c(Cl)c1. The second kappa shape index (κ2) is 9.00. The Labute approximate surface area is 183 Å². The number of aryl methyl sites for hydroxylation is 1. The maximum absolute atomic E-state index is 14.0. The highest BCUT2D eigenvalue weighted by Crippen LogP contribution is 2.49. The first-order valence-electron chi connectivity index (χ1n) is 9.37. The van der Waals surface area contributed by atoms with E-state index in [2.05, 4.69) is 9.97 Å². The van der Waals surface area contributed by atoms with Gasteiger partial charge >= 0.3 is 12.1 Å². The number of aromatic nitrogens is 2. The fraction of sp³-hybridized carbons (Fsp3) is 0.476. The number of benzene rings is 1. The van der Waals surface area contributed by atoms with Crippen molar-refractivity contribution in [3.63, 3.8) is 0 Å². The normalized spacial score (nSPS) is 15.2. The van der Waals surface area contributed by atoms with E-state index in [1.807, 2.05) is 0 Å². The van der Waals surface area contributed by atoms with Crippen LogP contribution < -0.4 is 4.74 Å². The van der Waals surface area contributed by atoms with Crippen LogP contribution in [0.15, 0.2) is 30.6 Å². The first-order valence-corrected chi connectivity index (χ1v) is 9.75. The molecule has 0 aliphatic rings. The molecule has 1 aromatic heterocycles. The second-order valence-electron chi connectivity index (χ2n) is 7.85. The monoisotopic (exact) mass is 460 g/mol. The van der Waals surface area contributed by atoms with Crippen LogP contribution in [-0.4, -0.2) is 39.4 Å². The number of carbonyl (C=O) groups excluding carboxylic acids is 1. The van der Waals surface area contributed by atoms with Gasteiger partial charge in [0.1, 0.15) is 23.7 Å². The third-order valence-corrected chi connectivity index (χ3v) is 5.00. The molecule has 170 valence electrons. The van der Waals surface area contributed by atoms with Gasteiger partial charge in [-0.1, -0.05) is 24.6 Å². The van der Waals surface area contributed by atoms with Crippen molar-refractivity contribution in [1.29, 1.82) is 0 Å². The van der Waals surface area contributed by atoms with Crippen molar-refractivity contribution < 1.29 is 32.5 Å². The second-order valence-corrected chi connectivity index (χ2v) is 8.26. The minimum absolute atomic E-state index is 0.00323. The highest BCUT2D eigenvalue weighted by Gasteiger charge is 2.60. The third kappa shape index (κ3) is 5.65. The third-order valence-electron chi connectivity index (χ3n) is 4.68. The highest BCUT2D eigenvalue weighted by molar-refractivity contribution is 6.31. The number of ether oxygens (including phenoxy) is 2. The fourth-order valence-electron chi connectivity index (χ4n) is 3.05. The minimum atomic E-state index is -5.04. The lowest BCUT2D eigenvalue weighted by atomic mass is 9.80. The fourth-order valence-corrected chi connectivity index (χ4v) is 3.39. The summed E-state index contributed by atoms with van der Waals surface area (Å²) in [5.41, 5.74) is -4.38. The zero-order valence-electron chi connectivity index (χ0n) is 17.7. The van der Waals surface area contributed by atoms with Crippen LogP contribution >= 0.6 is 11.6 Å². The van der Waals surface area contributed by atoms with Crippen molar-refractivity contribution in [2.24, 2.45) is 0 Å². The van der Waals surface area contributed by atoms with Crippen LogP contribution in [-0.2, 0) is 15.1 Å². The highest BCUT2D eigenvalue weighted by atomic mass is 35.5. The number of hydrogen-bond donors (Lipinski definition) is 1. The van der Waals surface area contributed by atoms with Gasteiger partial charge in [0.05, 0.1) is 11.9 Å². The molecule has 2 atom stereocenters. The Hall–Kier alpha value is -2.39. The summed E-state index contributed by atoms with van der Waals surface area (Å²) in [5.74, 6) is -1.70. The molecule has 0 radical (unpaired) electrons.